The van der Waals surface area contributed by atoms with Gasteiger partial charge in [-0.1, -0.05) is 45.8 Å². The molecule has 202 valence electrons. The summed E-state index contributed by atoms with van der Waals surface area (Å²) in [6.45, 7) is 6.57. The minimum atomic E-state index is -4.20. The molecule has 0 saturated heterocycles. The zero-order chi connectivity index (χ0) is 28.0. The molecule has 3 aromatic carbocycles. The van der Waals surface area contributed by atoms with Gasteiger partial charge in [-0.15, -0.1) is 0 Å². The first-order valence-corrected chi connectivity index (χ1v) is 14.3. The molecular formula is C28H31BrFN3O4S. The Balaban J connectivity index is 2.02. The molecule has 0 aliphatic heterocycles. The highest BCUT2D eigenvalue weighted by Gasteiger charge is 2.32. The Labute approximate surface area is 231 Å². The number of halogens is 2. The van der Waals surface area contributed by atoms with Crippen molar-refractivity contribution in [3.05, 3.63) is 94.2 Å². The van der Waals surface area contributed by atoms with Gasteiger partial charge in [-0.2, -0.15) is 0 Å². The van der Waals surface area contributed by atoms with Crippen LogP contribution in [0, 0.1) is 12.7 Å². The highest BCUT2D eigenvalue weighted by atomic mass is 79.9. The molecule has 1 N–H and O–H groups in total. The molecule has 0 saturated carbocycles. The summed E-state index contributed by atoms with van der Waals surface area (Å²) in [7, 11) is -4.20. The fourth-order valence-corrected chi connectivity index (χ4v) is 5.43. The minimum absolute atomic E-state index is 0.00900. The van der Waals surface area contributed by atoms with Crippen molar-refractivity contribution in [3.8, 4) is 0 Å². The van der Waals surface area contributed by atoms with Gasteiger partial charge in [-0.25, -0.2) is 12.8 Å². The molecule has 10 heteroatoms. The summed E-state index contributed by atoms with van der Waals surface area (Å²) in [5.74, 6) is -1.48. The van der Waals surface area contributed by atoms with Crippen LogP contribution in [0.3, 0.4) is 0 Å². The van der Waals surface area contributed by atoms with Crippen molar-refractivity contribution < 1.29 is 22.4 Å². The molecule has 3 aromatic rings. The molecule has 2 amide bonds. The standard InChI is InChI=1S/C28H31BrFN3O4S/c1-19(2)31-28(35)21(4)32(17-22-7-9-23(29)10-8-22)27(34)18-33(25-13-11-24(30)12-14-25)38(36,37)26-15-5-20(3)6-16-26/h5-16,19,21H,17-18H2,1-4H3,(H,31,35). The maximum atomic E-state index is 13.8. The second-order valence-corrected chi connectivity index (χ2v) is 12.1. The summed E-state index contributed by atoms with van der Waals surface area (Å²) in [4.78, 5) is 28.0. The number of benzene rings is 3. The van der Waals surface area contributed by atoms with E-state index in [2.05, 4.69) is 21.2 Å². The van der Waals surface area contributed by atoms with Gasteiger partial charge in [0.15, 0.2) is 0 Å². The Morgan fingerprint density at radius 2 is 1.50 bits per heavy atom. The Morgan fingerprint density at radius 3 is 2.05 bits per heavy atom. The molecule has 0 spiro atoms. The SMILES string of the molecule is Cc1ccc(S(=O)(=O)N(CC(=O)N(Cc2ccc(Br)cc2)C(C)C(=O)NC(C)C)c2ccc(F)cc2)cc1. The molecule has 0 fully saturated rings. The van der Waals surface area contributed by atoms with E-state index in [0.717, 1.165) is 32.0 Å². The van der Waals surface area contributed by atoms with Crippen molar-refractivity contribution in [1.82, 2.24) is 10.2 Å². The number of hydrogen-bond donors (Lipinski definition) is 1. The number of hydrogen-bond acceptors (Lipinski definition) is 4. The Bertz CT molecular complexity index is 1360. The van der Waals surface area contributed by atoms with Gasteiger partial charge in [-0.3, -0.25) is 13.9 Å². The molecule has 3 rings (SSSR count). The molecule has 38 heavy (non-hydrogen) atoms. The minimum Gasteiger partial charge on any atom is -0.352 e. The number of rotatable bonds is 10. The first kappa shape index (κ1) is 29.3. The predicted molar refractivity (Wildman–Crippen MR) is 150 cm³/mol. The van der Waals surface area contributed by atoms with Gasteiger partial charge in [0.1, 0.15) is 18.4 Å². The lowest BCUT2D eigenvalue weighted by Gasteiger charge is -2.32. The fourth-order valence-electron chi connectivity index (χ4n) is 3.75. The lowest BCUT2D eigenvalue weighted by Crippen LogP contribution is -2.52. The summed E-state index contributed by atoms with van der Waals surface area (Å²) in [6.07, 6.45) is 0. The lowest BCUT2D eigenvalue weighted by molar-refractivity contribution is -0.139. The monoisotopic (exact) mass is 603 g/mol. The smallest absolute Gasteiger partial charge is 0.264 e. The van der Waals surface area contributed by atoms with Crippen molar-refractivity contribution in [2.45, 2.75) is 51.2 Å². The number of carbonyl (C=O) groups excluding carboxylic acids is 2. The van der Waals surface area contributed by atoms with Gasteiger partial charge < -0.3 is 10.2 Å². The number of carbonyl (C=O) groups is 2. The summed E-state index contributed by atoms with van der Waals surface area (Å²) in [5, 5.41) is 2.81. The molecule has 7 nitrogen and oxygen atoms in total. The Kier molecular flexibility index (Phi) is 9.67. The van der Waals surface area contributed by atoms with Gasteiger partial charge >= 0.3 is 0 Å². The van der Waals surface area contributed by atoms with E-state index in [9.17, 15) is 22.4 Å². The maximum Gasteiger partial charge on any atom is 0.264 e. The quantitative estimate of drug-likeness (QED) is 0.352. The molecule has 0 bridgehead atoms. The largest absolute Gasteiger partial charge is 0.352 e. The second kappa shape index (κ2) is 12.5. The highest BCUT2D eigenvalue weighted by Crippen LogP contribution is 2.25. The summed E-state index contributed by atoms with van der Waals surface area (Å²) in [6, 6.07) is 17.4. The first-order chi connectivity index (χ1) is 17.9. The van der Waals surface area contributed by atoms with Crippen LogP contribution in [-0.2, 0) is 26.2 Å². The number of nitrogens with zero attached hydrogens (tertiary/aromatic N) is 2. The van der Waals surface area contributed by atoms with Crippen LogP contribution in [0.1, 0.15) is 31.9 Å². The van der Waals surface area contributed by atoms with Crippen molar-refractivity contribution in [2.24, 2.45) is 0 Å². The number of aryl methyl sites for hydroxylation is 1. The third kappa shape index (κ3) is 7.41. The van der Waals surface area contributed by atoms with Crippen molar-refractivity contribution in [2.75, 3.05) is 10.8 Å². The maximum absolute atomic E-state index is 13.8. The van der Waals surface area contributed by atoms with Gasteiger partial charge in [0.05, 0.1) is 10.6 Å². The second-order valence-electron chi connectivity index (χ2n) is 9.29. The van der Waals surface area contributed by atoms with Crippen LogP contribution in [-0.4, -0.2) is 43.8 Å². The van der Waals surface area contributed by atoms with Gasteiger partial charge in [0.2, 0.25) is 11.8 Å². The summed E-state index contributed by atoms with van der Waals surface area (Å²) < 4.78 is 42.9. The van der Waals surface area contributed by atoms with E-state index in [0.29, 0.717) is 0 Å². The Hall–Kier alpha value is -3.24. The molecule has 0 radical (unpaired) electrons. The molecule has 1 unspecified atom stereocenters. The highest BCUT2D eigenvalue weighted by molar-refractivity contribution is 9.10. The van der Waals surface area contributed by atoms with Crippen LogP contribution in [0.5, 0.6) is 0 Å². The van der Waals surface area contributed by atoms with Crippen LogP contribution >= 0.6 is 15.9 Å². The van der Waals surface area contributed by atoms with E-state index >= 15 is 0 Å². The number of anilines is 1. The van der Waals surface area contributed by atoms with E-state index < -0.39 is 34.3 Å². The number of sulfonamides is 1. The van der Waals surface area contributed by atoms with Crippen molar-refractivity contribution >= 4 is 43.5 Å². The van der Waals surface area contributed by atoms with E-state index in [1.807, 2.05) is 45.0 Å². The first-order valence-electron chi connectivity index (χ1n) is 12.1. The molecule has 0 heterocycles. The van der Waals surface area contributed by atoms with Crippen LogP contribution in [0.2, 0.25) is 0 Å². The van der Waals surface area contributed by atoms with E-state index in [1.165, 1.54) is 29.2 Å². The average molecular weight is 605 g/mol. The summed E-state index contributed by atoms with van der Waals surface area (Å²) in [5.41, 5.74) is 1.77. The topological polar surface area (TPSA) is 86.8 Å². The number of amides is 2. The van der Waals surface area contributed by atoms with Crippen LogP contribution in [0.15, 0.2) is 82.2 Å². The number of nitrogens with one attached hydrogen (secondary N) is 1. The zero-order valence-electron chi connectivity index (χ0n) is 21.7. The lowest BCUT2D eigenvalue weighted by atomic mass is 10.1. The zero-order valence-corrected chi connectivity index (χ0v) is 24.1. The average Bonchev–Trinajstić information content (AvgIpc) is 2.87. The fraction of sp³-hybridized carbons (Fsp3) is 0.286. The molecular weight excluding hydrogens is 573 g/mol. The van der Waals surface area contributed by atoms with Crippen LogP contribution in [0.25, 0.3) is 0 Å². The normalized spacial score (nSPS) is 12.2. The summed E-state index contributed by atoms with van der Waals surface area (Å²) >= 11 is 3.39. The molecule has 1 atom stereocenters. The third-order valence-electron chi connectivity index (χ3n) is 5.87. The van der Waals surface area contributed by atoms with Crippen LogP contribution < -0.4 is 9.62 Å². The Morgan fingerprint density at radius 1 is 0.921 bits per heavy atom. The third-order valence-corrected chi connectivity index (χ3v) is 8.18. The predicted octanol–water partition coefficient (Wildman–Crippen LogP) is 5.03. The van der Waals surface area contributed by atoms with Gasteiger partial charge in [0.25, 0.3) is 10.0 Å². The van der Waals surface area contributed by atoms with E-state index in [1.54, 1.807) is 19.1 Å². The van der Waals surface area contributed by atoms with Crippen LogP contribution in [0.4, 0.5) is 10.1 Å². The van der Waals surface area contributed by atoms with Crippen molar-refractivity contribution in [1.29, 1.82) is 0 Å². The van der Waals surface area contributed by atoms with Crippen molar-refractivity contribution in [3.63, 3.8) is 0 Å². The molecule has 0 aliphatic rings. The molecule has 0 aromatic heterocycles. The van der Waals surface area contributed by atoms with E-state index in [4.69, 9.17) is 0 Å². The van der Waals surface area contributed by atoms with Gasteiger partial charge in [0, 0.05) is 17.1 Å². The molecule has 0 aliphatic carbocycles. The van der Waals surface area contributed by atoms with E-state index in [-0.39, 0.29) is 29.1 Å². The van der Waals surface area contributed by atoms with Gasteiger partial charge in [-0.05, 0) is 81.8 Å².